The number of halogens is 3. The highest BCUT2D eigenvalue weighted by molar-refractivity contribution is 6.42. The van der Waals surface area contributed by atoms with Gasteiger partial charge in [-0.3, -0.25) is 4.79 Å². The number of carbonyl (C=O) groups excluding carboxylic acids is 1. The molecule has 4 nitrogen and oxygen atoms in total. The summed E-state index contributed by atoms with van der Waals surface area (Å²) in [7, 11) is 0. The number of hydrogen-bond acceptors (Lipinski definition) is 3. The summed E-state index contributed by atoms with van der Waals surface area (Å²) in [5, 5.41) is 3.70. The number of benzene rings is 1. The van der Waals surface area contributed by atoms with E-state index in [1.54, 1.807) is 18.2 Å². The van der Waals surface area contributed by atoms with Crippen LogP contribution in [-0.4, -0.2) is 25.6 Å². The van der Waals surface area contributed by atoms with Gasteiger partial charge in [-0.15, -0.1) is 12.4 Å². The lowest BCUT2D eigenvalue weighted by Gasteiger charge is -2.09. The molecule has 0 aliphatic heterocycles. The molecule has 1 aromatic rings. The maximum atomic E-state index is 11.5. The number of ether oxygens (including phenoxy) is 1. The molecule has 1 amide bonds. The number of carbonyl (C=O) groups is 1. The monoisotopic (exact) mass is 354 g/mol. The van der Waals surface area contributed by atoms with Crippen LogP contribution in [0.25, 0.3) is 0 Å². The molecular weight excluding hydrogens is 335 g/mol. The minimum absolute atomic E-state index is 0. The molecule has 1 aromatic carbocycles. The van der Waals surface area contributed by atoms with E-state index in [-0.39, 0.29) is 18.3 Å². The first-order valence-electron chi connectivity index (χ1n) is 6.68. The van der Waals surface area contributed by atoms with Crippen LogP contribution < -0.4 is 15.8 Å². The van der Waals surface area contributed by atoms with Crippen LogP contribution in [0.15, 0.2) is 18.2 Å². The second kappa shape index (κ2) is 11.9. The molecule has 7 heteroatoms. The first-order valence-corrected chi connectivity index (χ1v) is 7.44. The molecule has 0 saturated carbocycles. The Morgan fingerprint density at radius 1 is 1.24 bits per heavy atom. The van der Waals surface area contributed by atoms with Gasteiger partial charge in [0.25, 0.3) is 0 Å². The number of nitrogens with two attached hydrogens (primary N) is 1. The Balaban J connectivity index is 0.00000400. The van der Waals surface area contributed by atoms with E-state index in [4.69, 9.17) is 33.7 Å². The summed E-state index contributed by atoms with van der Waals surface area (Å²) >= 11 is 11.9. The van der Waals surface area contributed by atoms with Crippen molar-refractivity contribution in [2.75, 3.05) is 19.7 Å². The number of nitrogens with one attached hydrogen (secondary N) is 1. The largest absolute Gasteiger partial charge is 0.492 e. The summed E-state index contributed by atoms with van der Waals surface area (Å²) < 4.78 is 5.50. The molecule has 0 radical (unpaired) electrons. The normalized spacial score (nSPS) is 9.86. The minimum atomic E-state index is 0. The molecule has 1 rings (SSSR count). The first kappa shape index (κ1) is 20.3. The Hall–Kier alpha value is -0.680. The lowest BCUT2D eigenvalue weighted by atomic mass is 10.3. The minimum Gasteiger partial charge on any atom is -0.492 e. The van der Waals surface area contributed by atoms with E-state index < -0.39 is 0 Å². The van der Waals surface area contributed by atoms with E-state index >= 15 is 0 Å². The zero-order valence-electron chi connectivity index (χ0n) is 11.7. The Kier molecular flexibility index (Phi) is 11.5. The van der Waals surface area contributed by atoms with Crippen LogP contribution in [0.5, 0.6) is 5.75 Å². The van der Waals surface area contributed by atoms with Gasteiger partial charge < -0.3 is 15.8 Å². The molecule has 0 atom stereocenters. The van der Waals surface area contributed by atoms with Gasteiger partial charge in [0.15, 0.2) is 0 Å². The van der Waals surface area contributed by atoms with Gasteiger partial charge in [-0.2, -0.15) is 0 Å². The van der Waals surface area contributed by atoms with Crippen LogP contribution in [0, 0.1) is 0 Å². The quantitative estimate of drug-likeness (QED) is 0.667. The van der Waals surface area contributed by atoms with Gasteiger partial charge in [0.2, 0.25) is 5.91 Å². The van der Waals surface area contributed by atoms with Crippen molar-refractivity contribution in [3.8, 4) is 5.75 Å². The zero-order chi connectivity index (χ0) is 14.8. The SMILES string of the molecule is Cl.NCCCCNC(=O)CCCOc1cccc(Cl)c1Cl. The highest BCUT2D eigenvalue weighted by Crippen LogP contribution is 2.31. The van der Waals surface area contributed by atoms with Gasteiger partial charge in [-0.1, -0.05) is 29.3 Å². The maximum absolute atomic E-state index is 11.5. The lowest BCUT2D eigenvalue weighted by Crippen LogP contribution is -2.25. The number of unbranched alkanes of at least 4 members (excludes halogenated alkanes) is 1. The van der Waals surface area contributed by atoms with Gasteiger partial charge in [0.1, 0.15) is 10.8 Å². The summed E-state index contributed by atoms with van der Waals surface area (Å²) in [5.74, 6) is 0.574. The average molecular weight is 356 g/mol. The average Bonchev–Trinajstić information content (AvgIpc) is 2.44. The second-order valence-corrected chi connectivity index (χ2v) is 5.13. The fourth-order valence-electron chi connectivity index (χ4n) is 1.60. The fourth-order valence-corrected chi connectivity index (χ4v) is 1.94. The molecule has 21 heavy (non-hydrogen) atoms. The van der Waals surface area contributed by atoms with Gasteiger partial charge in [-0.25, -0.2) is 0 Å². The summed E-state index contributed by atoms with van der Waals surface area (Å²) in [6.45, 7) is 1.76. The van der Waals surface area contributed by atoms with Gasteiger partial charge >= 0.3 is 0 Å². The van der Waals surface area contributed by atoms with E-state index in [0.29, 0.717) is 48.3 Å². The molecule has 0 bridgehead atoms. The van der Waals surface area contributed by atoms with Crippen LogP contribution >= 0.6 is 35.6 Å². The second-order valence-electron chi connectivity index (χ2n) is 4.35. The third-order valence-corrected chi connectivity index (χ3v) is 3.48. The molecule has 0 aromatic heterocycles. The van der Waals surface area contributed by atoms with Gasteiger partial charge in [0.05, 0.1) is 11.6 Å². The van der Waals surface area contributed by atoms with Crippen LogP contribution in [-0.2, 0) is 4.79 Å². The van der Waals surface area contributed by atoms with Gasteiger partial charge in [0, 0.05) is 13.0 Å². The Labute approximate surface area is 141 Å². The first-order chi connectivity index (χ1) is 9.65. The molecule has 0 fully saturated rings. The van der Waals surface area contributed by atoms with Crippen molar-refractivity contribution in [2.24, 2.45) is 5.73 Å². The van der Waals surface area contributed by atoms with Crippen molar-refractivity contribution >= 4 is 41.5 Å². The summed E-state index contributed by atoms with van der Waals surface area (Å²) in [4.78, 5) is 11.5. The van der Waals surface area contributed by atoms with Crippen molar-refractivity contribution in [2.45, 2.75) is 25.7 Å². The van der Waals surface area contributed by atoms with Crippen molar-refractivity contribution in [3.63, 3.8) is 0 Å². The highest BCUT2D eigenvalue weighted by atomic mass is 35.5. The predicted octanol–water partition coefficient (Wildman–Crippen LogP) is 3.43. The molecule has 0 aliphatic rings. The van der Waals surface area contributed by atoms with Crippen molar-refractivity contribution in [3.05, 3.63) is 28.2 Å². The maximum Gasteiger partial charge on any atom is 0.220 e. The lowest BCUT2D eigenvalue weighted by molar-refractivity contribution is -0.121. The number of hydrogen-bond donors (Lipinski definition) is 2. The van der Waals surface area contributed by atoms with Crippen molar-refractivity contribution in [1.82, 2.24) is 5.32 Å². The van der Waals surface area contributed by atoms with Crippen LogP contribution in [0.2, 0.25) is 10.0 Å². The Bertz CT molecular complexity index is 431. The van der Waals surface area contributed by atoms with Crippen LogP contribution in [0.1, 0.15) is 25.7 Å². The van der Waals surface area contributed by atoms with E-state index in [1.807, 2.05) is 0 Å². The molecule has 0 spiro atoms. The summed E-state index contributed by atoms with van der Waals surface area (Å²) in [5.41, 5.74) is 5.37. The Morgan fingerprint density at radius 3 is 2.71 bits per heavy atom. The van der Waals surface area contributed by atoms with E-state index in [1.165, 1.54) is 0 Å². The van der Waals surface area contributed by atoms with E-state index in [0.717, 1.165) is 12.8 Å². The van der Waals surface area contributed by atoms with E-state index in [2.05, 4.69) is 5.32 Å². The molecule has 3 N–H and O–H groups in total. The molecule has 0 aliphatic carbocycles. The smallest absolute Gasteiger partial charge is 0.220 e. The standard InChI is InChI=1S/C14H20Cl2N2O2.ClH/c15-11-5-3-6-12(14(11)16)20-10-4-7-13(19)18-9-2-1-8-17;/h3,5-6H,1-2,4,7-10,17H2,(H,18,19);1H. The highest BCUT2D eigenvalue weighted by Gasteiger charge is 2.06. The van der Waals surface area contributed by atoms with Crippen molar-refractivity contribution < 1.29 is 9.53 Å². The molecular formula is C14H21Cl3N2O2. The van der Waals surface area contributed by atoms with Gasteiger partial charge in [-0.05, 0) is 37.9 Å². The van der Waals surface area contributed by atoms with E-state index in [9.17, 15) is 4.79 Å². The summed E-state index contributed by atoms with van der Waals surface area (Å²) in [6, 6.07) is 5.22. The predicted molar refractivity (Wildman–Crippen MR) is 89.7 cm³/mol. The zero-order valence-corrected chi connectivity index (χ0v) is 14.1. The van der Waals surface area contributed by atoms with Crippen LogP contribution in [0.3, 0.4) is 0 Å². The molecule has 0 saturated heterocycles. The Morgan fingerprint density at radius 2 is 2.00 bits per heavy atom. The van der Waals surface area contributed by atoms with Crippen molar-refractivity contribution in [1.29, 1.82) is 0 Å². The molecule has 0 heterocycles. The number of amides is 1. The number of rotatable bonds is 9. The topological polar surface area (TPSA) is 64.3 Å². The molecule has 0 unspecified atom stereocenters. The third kappa shape index (κ3) is 8.37. The molecule has 120 valence electrons. The third-order valence-electron chi connectivity index (χ3n) is 2.67. The summed E-state index contributed by atoms with van der Waals surface area (Å²) in [6.07, 6.45) is 2.90. The van der Waals surface area contributed by atoms with Crippen LogP contribution in [0.4, 0.5) is 0 Å². The fraction of sp³-hybridized carbons (Fsp3) is 0.500.